The van der Waals surface area contributed by atoms with Crippen molar-refractivity contribution < 1.29 is 19.4 Å². The van der Waals surface area contributed by atoms with Crippen LogP contribution in [0.25, 0.3) is 0 Å². The highest BCUT2D eigenvalue weighted by Gasteiger charge is 2.25. The van der Waals surface area contributed by atoms with Gasteiger partial charge in [-0.05, 0) is 37.3 Å². The molecule has 1 aromatic carbocycles. The summed E-state index contributed by atoms with van der Waals surface area (Å²) in [5, 5.41) is 9.37. The Hall–Kier alpha value is -1.46. The zero-order valence-electron chi connectivity index (χ0n) is 12.8. The highest BCUT2D eigenvalue weighted by molar-refractivity contribution is 6.37. The molecule has 0 radical (unpaired) electrons. The third-order valence-corrected chi connectivity index (χ3v) is 4.58. The van der Waals surface area contributed by atoms with Gasteiger partial charge in [-0.1, -0.05) is 23.2 Å². The maximum Gasteiger partial charge on any atom is 0.303 e. The molecule has 2 rings (SSSR count). The van der Waals surface area contributed by atoms with Gasteiger partial charge in [0.2, 0.25) is 0 Å². The Kier molecular flexibility index (Phi) is 6.13. The molecule has 23 heavy (non-hydrogen) atoms. The molecule has 0 saturated carbocycles. The van der Waals surface area contributed by atoms with Crippen molar-refractivity contribution in [2.75, 3.05) is 20.2 Å². The molecule has 1 atom stereocenters. The first kappa shape index (κ1) is 17.9. The molecular formula is C16H19Cl2NO4. The quantitative estimate of drug-likeness (QED) is 0.869. The van der Waals surface area contributed by atoms with Crippen LogP contribution in [0.4, 0.5) is 0 Å². The van der Waals surface area contributed by atoms with E-state index in [4.69, 9.17) is 33.0 Å². The van der Waals surface area contributed by atoms with Crippen molar-refractivity contribution in [2.45, 2.75) is 25.7 Å². The summed E-state index contributed by atoms with van der Waals surface area (Å²) >= 11 is 12.2. The highest BCUT2D eigenvalue weighted by Crippen LogP contribution is 2.34. The minimum Gasteiger partial charge on any atom is -0.494 e. The zero-order chi connectivity index (χ0) is 17.0. The summed E-state index contributed by atoms with van der Waals surface area (Å²) in [6, 6.07) is 3.10. The molecular weight excluding hydrogens is 341 g/mol. The van der Waals surface area contributed by atoms with Crippen LogP contribution in [-0.2, 0) is 4.79 Å². The SMILES string of the molecule is COc1c(Cl)cc(C(=O)N2CCCC(CCC(=O)O)C2)cc1Cl. The number of methoxy groups -OCH3 is 1. The van der Waals surface area contributed by atoms with Crippen LogP contribution in [0.1, 0.15) is 36.0 Å². The van der Waals surface area contributed by atoms with Gasteiger partial charge in [0.1, 0.15) is 0 Å². The predicted molar refractivity (Wildman–Crippen MR) is 88.5 cm³/mol. The smallest absolute Gasteiger partial charge is 0.303 e. The summed E-state index contributed by atoms with van der Waals surface area (Å²) in [6.07, 6.45) is 2.53. The number of amides is 1. The van der Waals surface area contributed by atoms with E-state index in [-0.39, 0.29) is 18.2 Å². The molecule has 1 aliphatic heterocycles. The van der Waals surface area contributed by atoms with Gasteiger partial charge in [0.05, 0.1) is 17.2 Å². The number of carboxylic acid groups (broad SMARTS) is 1. The Balaban J connectivity index is 2.09. The number of benzene rings is 1. The van der Waals surface area contributed by atoms with E-state index in [2.05, 4.69) is 0 Å². The lowest BCUT2D eigenvalue weighted by Crippen LogP contribution is -2.40. The van der Waals surface area contributed by atoms with Crippen LogP contribution < -0.4 is 4.74 Å². The van der Waals surface area contributed by atoms with E-state index >= 15 is 0 Å². The van der Waals surface area contributed by atoms with E-state index in [1.54, 1.807) is 17.0 Å². The minimum atomic E-state index is -0.804. The topological polar surface area (TPSA) is 66.8 Å². The van der Waals surface area contributed by atoms with E-state index in [1.165, 1.54) is 7.11 Å². The molecule has 1 saturated heterocycles. The summed E-state index contributed by atoms with van der Waals surface area (Å²) < 4.78 is 5.08. The largest absolute Gasteiger partial charge is 0.494 e. The number of carbonyl (C=O) groups is 2. The van der Waals surface area contributed by atoms with Crippen molar-refractivity contribution in [1.29, 1.82) is 0 Å². The van der Waals surface area contributed by atoms with Crippen molar-refractivity contribution >= 4 is 35.1 Å². The maximum atomic E-state index is 12.6. The fraction of sp³-hybridized carbons (Fsp3) is 0.500. The lowest BCUT2D eigenvalue weighted by molar-refractivity contribution is -0.137. The summed E-state index contributed by atoms with van der Waals surface area (Å²) in [7, 11) is 1.46. The monoisotopic (exact) mass is 359 g/mol. The number of aliphatic carboxylic acids is 1. The average Bonchev–Trinajstić information content (AvgIpc) is 2.52. The Labute approximate surface area is 145 Å². The Morgan fingerprint density at radius 2 is 2.00 bits per heavy atom. The lowest BCUT2D eigenvalue weighted by Gasteiger charge is -2.32. The van der Waals surface area contributed by atoms with Gasteiger partial charge in [-0.15, -0.1) is 0 Å². The van der Waals surface area contributed by atoms with Crippen LogP contribution in [0.15, 0.2) is 12.1 Å². The zero-order valence-corrected chi connectivity index (χ0v) is 14.4. The number of carbonyl (C=O) groups excluding carboxylic acids is 1. The first-order chi connectivity index (χ1) is 10.9. The van der Waals surface area contributed by atoms with Crippen molar-refractivity contribution in [3.8, 4) is 5.75 Å². The molecule has 1 N–H and O–H groups in total. The fourth-order valence-electron chi connectivity index (χ4n) is 2.87. The van der Waals surface area contributed by atoms with E-state index in [0.29, 0.717) is 40.9 Å². The molecule has 0 aromatic heterocycles. The van der Waals surface area contributed by atoms with Crippen molar-refractivity contribution in [2.24, 2.45) is 5.92 Å². The molecule has 7 heteroatoms. The second-order valence-electron chi connectivity index (χ2n) is 5.66. The molecule has 0 bridgehead atoms. The molecule has 0 spiro atoms. The third kappa shape index (κ3) is 4.52. The molecule has 1 aliphatic rings. The number of hydrogen-bond donors (Lipinski definition) is 1. The number of halogens is 2. The van der Waals surface area contributed by atoms with Crippen LogP contribution in [0.3, 0.4) is 0 Å². The van der Waals surface area contributed by atoms with E-state index in [0.717, 1.165) is 12.8 Å². The first-order valence-corrected chi connectivity index (χ1v) is 8.22. The molecule has 1 fully saturated rings. The third-order valence-electron chi connectivity index (χ3n) is 4.02. The fourth-order valence-corrected chi connectivity index (χ4v) is 3.52. The molecule has 126 valence electrons. The van der Waals surface area contributed by atoms with Gasteiger partial charge in [0, 0.05) is 25.1 Å². The number of hydrogen-bond acceptors (Lipinski definition) is 3. The van der Waals surface area contributed by atoms with E-state index in [1.807, 2.05) is 0 Å². The maximum absolute atomic E-state index is 12.6. The lowest BCUT2D eigenvalue weighted by atomic mass is 9.93. The van der Waals surface area contributed by atoms with Crippen LogP contribution in [0.2, 0.25) is 10.0 Å². The minimum absolute atomic E-state index is 0.132. The van der Waals surface area contributed by atoms with E-state index < -0.39 is 5.97 Å². The van der Waals surface area contributed by atoms with Crippen LogP contribution >= 0.6 is 23.2 Å². The summed E-state index contributed by atoms with van der Waals surface area (Å²) in [5.74, 6) is -0.380. The number of piperidine rings is 1. The molecule has 1 unspecified atom stereocenters. The van der Waals surface area contributed by atoms with Gasteiger partial charge >= 0.3 is 5.97 Å². The second kappa shape index (κ2) is 7.88. The van der Waals surface area contributed by atoms with Crippen molar-refractivity contribution in [3.05, 3.63) is 27.7 Å². The van der Waals surface area contributed by atoms with E-state index in [9.17, 15) is 9.59 Å². The standard InChI is InChI=1S/C16H19Cl2NO4/c1-23-15-12(17)7-11(8-13(15)18)16(22)19-6-2-3-10(9-19)4-5-14(20)21/h7-8,10H,2-6,9H2,1H3,(H,20,21). The number of ether oxygens (including phenoxy) is 1. The summed E-state index contributed by atoms with van der Waals surface area (Å²) in [4.78, 5) is 25.1. The predicted octanol–water partition coefficient (Wildman–Crippen LogP) is 3.72. The van der Waals surface area contributed by atoms with Gasteiger partial charge in [0.15, 0.2) is 5.75 Å². The van der Waals surface area contributed by atoms with Crippen molar-refractivity contribution in [3.63, 3.8) is 0 Å². The number of nitrogens with zero attached hydrogens (tertiary/aromatic N) is 1. The summed E-state index contributed by atoms with van der Waals surface area (Å²) in [5.41, 5.74) is 0.416. The Bertz CT molecular complexity index is 583. The molecule has 5 nitrogen and oxygen atoms in total. The van der Waals surface area contributed by atoms with Crippen LogP contribution in [0, 0.1) is 5.92 Å². The first-order valence-electron chi connectivity index (χ1n) is 7.46. The van der Waals surface area contributed by atoms with Gasteiger partial charge in [0.25, 0.3) is 5.91 Å². The highest BCUT2D eigenvalue weighted by atomic mass is 35.5. The van der Waals surface area contributed by atoms with Crippen LogP contribution in [-0.4, -0.2) is 42.1 Å². The molecule has 1 heterocycles. The number of likely N-dealkylation sites (tertiary alicyclic amines) is 1. The Morgan fingerprint density at radius 3 is 2.57 bits per heavy atom. The average molecular weight is 360 g/mol. The summed E-state index contributed by atoms with van der Waals surface area (Å²) in [6.45, 7) is 1.22. The molecule has 0 aliphatic carbocycles. The van der Waals surface area contributed by atoms with Gasteiger partial charge in [-0.3, -0.25) is 9.59 Å². The Morgan fingerprint density at radius 1 is 1.35 bits per heavy atom. The van der Waals surface area contributed by atoms with Gasteiger partial charge in [-0.25, -0.2) is 0 Å². The van der Waals surface area contributed by atoms with Gasteiger partial charge < -0.3 is 14.7 Å². The van der Waals surface area contributed by atoms with Gasteiger partial charge in [-0.2, -0.15) is 0 Å². The van der Waals surface area contributed by atoms with Crippen LogP contribution in [0.5, 0.6) is 5.75 Å². The molecule has 1 amide bonds. The normalized spacial score (nSPS) is 17.9. The van der Waals surface area contributed by atoms with Crippen molar-refractivity contribution in [1.82, 2.24) is 4.90 Å². The number of carboxylic acids is 1. The second-order valence-corrected chi connectivity index (χ2v) is 6.48. The number of rotatable bonds is 5. The molecule has 1 aromatic rings.